The molecule has 0 saturated carbocycles. The van der Waals surface area contributed by atoms with Gasteiger partial charge in [-0.1, -0.05) is 12.1 Å². The summed E-state index contributed by atoms with van der Waals surface area (Å²) in [7, 11) is 0. The number of rotatable bonds is 9. The van der Waals surface area contributed by atoms with E-state index in [4.69, 9.17) is 5.11 Å². The zero-order valence-corrected chi connectivity index (χ0v) is 26.1. The number of thioether (sulfide) groups is 2. The van der Waals surface area contributed by atoms with Gasteiger partial charge in [-0.3, -0.25) is 19.3 Å². The van der Waals surface area contributed by atoms with Crippen LogP contribution in [0.25, 0.3) is 0 Å². The number of phenolic OH excluding ortho intramolecular Hbond substituents is 1. The van der Waals surface area contributed by atoms with Crippen LogP contribution in [0.4, 0.5) is 0 Å². The topological polar surface area (TPSA) is 165 Å². The van der Waals surface area contributed by atoms with Gasteiger partial charge < -0.3 is 27.0 Å². The maximum Gasteiger partial charge on any atom is 1.00 e. The number of aromatic hydroxyl groups is 1. The monoisotopic (exact) mass is 619 g/mol. The van der Waals surface area contributed by atoms with Crippen molar-refractivity contribution in [1.29, 1.82) is 0 Å². The van der Waals surface area contributed by atoms with Crippen molar-refractivity contribution in [2.24, 2.45) is 0 Å². The first-order valence-electron chi connectivity index (χ1n) is 12.6. The molecule has 214 valence electrons. The van der Waals surface area contributed by atoms with Crippen LogP contribution in [0.3, 0.4) is 0 Å². The van der Waals surface area contributed by atoms with E-state index in [0.717, 1.165) is 5.56 Å². The van der Waals surface area contributed by atoms with Crippen LogP contribution < -0.4 is 34.9 Å². The molecule has 0 bridgehead atoms. The molecule has 0 spiro atoms. The molecule has 0 aliphatic carbocycles. The molecule has 3 heterocycles. The summed E-state index contributed by atoms with van der Waals surface area (Å²) in [6.07, 6.45) is 2.00. The maximum atomic E-state index is 13.0. The second kappa shape index (κ2) is 13.4. The summed E-state index contributed by atoms with van der Waals surface area (Å²) in [5.74, 6) is -3.11. The van der Waals surface area contributed by atoms with Crippen LogP contribution in [-0.4, -0.2) is 84.2 Å². The molecule has 5 rings (SSSR count). The number of carboxylic acid groups (broad SMARTS) is 2. The van der Waals surface area contributed by atoms with Gasteiger partial charge in [0.2, 0.25) is 11.8 Å². The fourth-order valence-electron chi connectivity index (χ4n) is 4.80. The number of phenols is 1. The van der Waals surface area contributed by atoms with E-state index in [0.29, 0.717) is 35.6 Å². The van der Waals surface area contributed by atoms with E-state index < -0.39 is 35.2 Å². The molecule has 0 unspecified atom stereocenters. The predicted molar refractivity (Wildman–Crippen MR) is 151 cm³/mol. The average Bonchev–Trinajstić information content (AvgIpc) is 3.29. The quantitative estimate of drug-likeness (QED) is 0.123. The van der Waals surface area contributed by atoms with Gasteiger partial charge in [0.25, 0.3) is 5.91 Å². The van der Waals surface area contributed by atoms with E-state index in [1.165, 1.54) is 40.6 Å². The van der Waals surface area contributed by atoms with Crippen LogP contribution in [0.5, 0.6) is 5.75 Å². The number of β-lactam (4-membered cyclic amide) rings is 1. The van der Waals surface area contributed by atoms with Crippen molar-refractivity contribution >= 4 is 53.2 Å². The number of hydrogen-bond donors (Lipinski definition) is 4. The molecule has 2 saturated heterocycles. The fraction of sp³-hybridized carbons (Fsp3) is 0.250. The van der Waals surface area contributed by atoms with Crippen LogP contribution in [0.15, 0.2) is 76.3 Å². The third-order valence-electron chi connectivity index (χ3n) is 6.86. The van der Waals surface area contributed by atoms with Gasteiger partial charge in [0, 0.05) is 29.3 Å². The summed E-state index contributed by atoms with van der Waals surface area (Å²) in [5.41, 5.74) is 1.63. The van der Waals surface area contributed by atoms with Gasteiger partial charge in [-0.05, 0) is 60.0 Å². The Morgan fingerprint density at radius 3 is 2.38 bits per heavy atom. The Morgan fingerprint density at radius 1 is 1.05 bits per heavy atom. The minimum Gasteiger partial charge on any atom is -1.00 e. The molecule has 2 atom stereocenters. The predicted octanol–water partition coefficient (Wildman–Crippen LogP) is -0.603. The van der Waals surface area contributed by atoms with E-state index in [2.05, 4.69) is 5.32 Å². The number of aromatic carboxylic acids is 1. The fourth-order valence-corrected chi connectivity index (χ4v) is 6.81. The van der Waals surface area contributed by atoms with Gasteiger partial charge in [-0.15, -0.1) is 23.5 Å². The number of benzene rings is 2. The van der Waals surface area contributed by atoms with Crippen molar-refractivity contribution in [2.75, 3.05) is 18.1 Å². The number of carbonyl (C=O) groups is 5. The molecule has 3 aliphatic heterocycles. The van der Waals surface area contributed by atoms with Gasteiger partial charge in [-0.2, -0.15) is 0 Å². The normalized spacial score (nSPS) is 20.6. The van der Waals surface area contributed by atoms with Crippen LogP contribution in [0.2, 0.25) is 0 Å². The minimum absolute atomic E-state index is 0. The van der Waals surface area contributed by atoms with Crippen LogP contribution in [0, 0.1) is 0 Å². The zero-order valence-electron chi connectivity index (χ0n) is 23.5. The second-order valence-electron chi connectivity index (χ2n) is 9.56. The molecule has 2 aromatic rings. The number of likely N-dealkylation sites (tertiary alicyclic amines) is 1. The SMILES string of the molecule is O=C(CSc1ccc(C(=O)O)cc1)N[C@@H]1C(=O)N2C(C(=O)O)=C(/C=C3\CCN(Cc4ccc(O)cc4)C3=O)CS[C@H]12.[H-].[Na+]. The van der Waals surface area contributed by atoms with Gasteiger partial charge in [0.1, 0.15) is 22.9 Å². The summed E-state index contributed by atoms with van der Waals surface area (Å²) in [4.78, 5) is 65.2. The number of carboxylic acids is 2. The molecule has 14 heteroatoms. The van der Waals surface area contributed by atoms with Crippen molar-refractivity contribution < 1.29 is 70.3 Å². The zero-order chi connectivity index (χ0) is 29.3. The average molecular weight is 620 g/mol. The van der Waals surface area contributed by atoms with Gasteiger partial charge in [0.05, 0.1) is 11.3 Å². The number of nitrogens with zero attached hydrogens (tertiary/aromatic N) is 2. The van der Waals surface area contributed by atoms with Crippen molar-refractivity contribution in [3.05, 3.63) is 82.6 Å². The van der Waals surface area contributed by atoms with Gasteiger partial charge >= 0.3 is 41.5 Å². The molecular formula is C28H26N3NaO8S2. The standard InChI is InChI=1S/C28H25N3O8S2.Na.H/c32-19-5-1-15(2-6-19)12-30-10-9-17(24(30)34)11-18-13-41-26-22(25(35)31(26)23(18)28(38)39)29-21(33)14-40-20-7-3-16(4-8-20)27(36)37;;/h1-8,11,22,26,32H,9-10,12-14H2,(H,29,33)(H,36,37)(H,38,39);;/q;+1;-1/b17-11+;;/t22-,26-;;/m1../s1. The van der Waals surface area contributed by atoms with E-state index >= 15 is 0 Å². The van der Waals surface area contributed by atoms with Gasteiger partial charge in [-0.25, -0.2) is 9.59 Å². The molecule has 0 radical (unpaired) electrons. The Balaban J connectivity index is 0.00000253. The Hall–Kier alpha value is -3.23. The van der Waals surface area contributed by atoms with Crippen molar-refractivity contribution in [2.45, 2.75) is 29.3 Å². The molecule has 2 fully saturated rings. The molecule has 3 amide bonds. The van der Waals surface area contributed by atoms with E-state index in [-0.39, 0.29) is 65.4 Å². The number of fused-ring (bicyclic) bond motifs is 1. The van der Waals surface area contributed by atoms with Crippen molar-refractivity contribution in [1.82, 2.24) is 15.1 Å². The first kappa shape index (κ1) is 31.7. The number of carbonyl (C=O) groups excluding carboxylic acids is 3. The summed E-state index contributed by atoms with van der Waals surface area (Å²) in [6, 6.07) is 11.7. The minimum atomic E-state index is -1.29. The van der Waals surface area contributed by atoms with E-state index in [9.17, 15) is 34.2 Å². The third-order valence-corrected chi connectivity index (χ3v) is 9.17. The smallest absolute Gasteiger partial charge is 1.00 e. The molecule has 42 heavy (non-hydrogen) atoms. The number of amides is 3. The molecule has 4 N–H and O–H groups in total. The van der Waals surface area contributed by atoms with Crippen LogP contribution in [-0.2, 0) is 25.7 Å². The summed E-state index contributed by atoms with van der Waals surface area (Å²) in [6.45, 7) is 0.825. The van der Waals surface area contributed by atoms with Crippen molar-refractivity contribution in [3.8, 4) is 5.75 Å². The number of hydrogen-bond acceptors (Lipinski definition) is 8. The molecule has 0 aromatic heterocycles. The first-order chi connectivity index (χ1) is 19.6. The van der Waals surface area contributed by atoms with Crippen LogP contribution in [0.1, 0.15) is 23.8 Å². The molecule has 2 aromatic carbocycles. The largest absolute Gasteiger partial charge is 1.00 e. The van der Waals surface area contributed by atoms with Gasteiger partial charge in [0.15, 0.2) is 0 Å². The Labute approximate surface area is 272 Å². The van der Waals surface area contributed by atoms with Crippen LogP contribution >= 0.6 is 23.5 Å². The summed E-state index contributed by atoms with van der Waals surface area (Å²) < 4.78 is 0. The van der Waals surface area contributed by atoms with E-state index in [1.54, 1.807) is 47.4 Å². The molecular weight excluding hydrogens is 593 g/mol. The first-order valence-corrected chi connectivity index (χ1v) is 14.6. The second-order valence-corrected chi connectivity index (χ2v) is 11.7. The Morgan fingerprint density at radius 2 is 1.74 bits per heavy atom. The number of allylic oxidation sites excluding steroid dienone is 1. The maximum absolute atomic E-state index is 13.0. The Bertz CT molecular complexity index is 1500. The van der Waals surface area contributed by atoms with E-state index in [1.807, 2.05) is 0 Å². The summed E-state index contributed by atoms with van der Waals surface area (Å²) >= 11 is 2.50. The molecule has 3 aliphatic rings. The Kier molecular flexibility index (Phi) is 10.1. The number of nitrogens with one attached hydrogen (secondary N) is 1. The molecule has 11 nitrogen and oxygen atoms in total. The third kappa shape index (κ3) is 6.70. The number of aliphatic carboxylic acids is 1. The summed E-state index contributed by atoms with van der Waals surface area (Å²) in [5, 5.41) is 30.5. The van der Waals surface area contributed by atoms with Crippen molar-refractivity contribution in [3.63, 3.8) is 0 Å².